The number of halogens is 1. The van der Waals surface area contributed by atoms with Gasteiger partial charge in [0.15, 0.2) is 0 Å². The molecule has 1 saturated heterocycles. The monoisotopic (exact) mass is 299 g/mol. The lowest BCUT2D eigenvalue weighted by Gasteiger charge is -2.23. The molecule has 0 unspecified atom stereocenters. The maximum atomic E-state index is 5.96. The Bertz CT molecular complexity index is 364. The highest BCUT2D eigenvalue weighted by Crippen LogP contribution is 2.25. The standard InChI is InChI=1S/C13H18BrNO2/c14-13-2-1-12(9-10(13)3-6-15)17-11-4-7-16-8-5-11/h1-2,9,11H,3-8,15H2. The maximum Gasteiger partial charge on any atom is 0.120 e. The lowest BCUT2D eigenvalue weighted by molar-refractivity contribution is 0.0255. The van der Waals surface area contributed by atoms with Gasteiger partial charge in [0.1, 0.15) is 11.9 Å². The first kappa shape index (κ1) is 12.9. The zero-order chi connectivity index (χ0) is 12.1. The highest BCUT2D eigenvalue weighted by Gasteiger charge is 2.15. The molecule has 0 bridgehead atoms. The summed E-state index contributed by atoms with van der Waals surface area (Å²) in [5.74, 6) is 0.934. The molecule has 17 heavy (non-hydrogen) atoms. The fourth-order valence-electron chi connectivity index (χ4n) is 1.96. The summed E-state index contributed by atoms with van der Waals surface area (Å²) in [5.41, 5.74) is 6.79. The van der Waals surface area contributed by atoms with Crippen molar-refractivity contribution in [2.24, 2.45) is 5.73 Å². The van der Waals surface area contributed by atoms with Gasteiger partial charge in [-0.15, -0.1) is 0 Å². The smallest absolute Gasteiger partial charge is 0.120 e. The van der Waals surface area contributed by atoms with Crippen molar-refractivity contribution in [3.05, 3.63) is 28.2 Å². The van der Waals surface area contributed by atoms with Crippen LogP contribution in [0.15, 0.2) is 22.7 Å². The SMILES string of the molecule is NCCc1cc(OC2CCOCC2)ccc1Br. The lowest BCUT2D eigenvalue weighted by atomic mass is 10.1. The molecule has 0 radical (unpaired) electrons. The second-order valence-electron chi connectivity index (χ2n) is 4.22. The molecular weight excluding hydrogens is 282 g/mol. The number of nitrogens with two attached hydrogens (primary N) is 1. The second kappa shape index (κ2) is 6.38. The molecule has 1 aliphatic heterocycles. The third-order valence-corrected chi connectivity index (χ3v) is 3.68. The van der Waals surface area contributed by atoms with Crippen LogP contribution in [0.2, 0.25) is 0 Å². The first-order chi connectivity index (χ1) is 8.29. The average molecular weight is 300 g/mol. The van der Waals surface area contributed by atoms with Crippen molar-refractivity contribution in [3.63, 3.8) is 0 Å². The van der Waals surface area contributed by atoms with Crippen LogP contribution >= 0.6 is 15.9 Å². The van der Waals surface area contributed by atoms with Gasteiger partial charge in [-0.2, -0.15) is 0 Å². The van der Waals surface area contributed by atoms with Gasteiger partial charge in [0.2, 0.25) is 0 Å². The van der Waals surface area contributed by atoms with Crippen LogP contribution in [-0.4, -0.2) is 25.9 Å². The van der Waals surface area contributed by atoms with Crippen molar-refractivity contribution in [3.8, 4) is 5.75 Å². The summed E-state index contributed by atoms with van der Waals surface area (Å²) >= 11 is 3.53. The molecule has 0 amide bonds. The van der Waals surface area contributed by atoms with E-state index in [0.29, 0.717) is 6.54 Å². The third kappa shape index (κ3) is 3.69. The van der Waals surface area contributed by atoms with Gasteiger partial charge in [-0.1, -0.05) is 15.9 Å². The molecule has 1 aromatic rings. The quantitative estimate of drug-likeness (QED) is 0.929. The average Bonchev–Trinajstić information content (AvgIpc) is 2.35. The fourth-order valence-corrected chi connectivity index (χ4v) is 2.40. The van der Waals surface area contributed by atoms with Gasteiger partial charge in [0.05, 0.1) is 13.2 Å². The van der Waals surface area contributed by atoms with Crippen molar-refractivity contribution in [1.29, 1.82) is 0 Å². The number of benzene rings is 1. The van der Waals surface area contributed by atoms with Gasteiger partial charge in [0.25, 0.3) is 0 Å². The number of hydrogen-bond donors (Lipinski definition) is 1. The Labute approximate surface area is 110 Å². The van der Waals surface area contributed by atoms with Gasteiger partial charge in [-0.3, -0.25) is 0 Å². The minimum absolute atomic E-state index is 0.288. The van der Waals surface area contributed by atoms with Gasteiger partial charge in [-0.25, -0.2) is 0 Å². The van der Waals surface area contributed by atoms with Crippen LogP contribution in [0.1, 0.15) is 18.4 Å². The molecule has 1 aliphatic rings. The van der Waals surface area contributed by atoms with E-state index >= 15 is 0 Å². The summed E-state index contributed by atoms with van der Waals surface area (Å²) in [6.45, 7) is 2.26. The topological polar surface area (TPSA) is 44.5 Å². The Morgan fingerprint density at radius 3 is 2.82 bits per heavy atom. The van der Waals surface area contributed by atoms with Crippen LogP contribution in [0.3, 0.4) is 0 Å². The van der Waals surface area contributed by atoms with Crippen LogP contribution < -0.4 is 10.5 Å². The van der Waals surface area contributed by atoms with Gasteiger partial charge < -0.3 is 15.2 Å². The number of rotatable bonds is 4. The largest absolute Gasteiger partial charge is 0.490 e. The molecule has 1 heterocycles. The van der Waals surface area contributed by atoms with Crippen molar-refractivity contribution in [1.82, 2.24) is 0 Å². The first-order valence-corrected chi connectivity index (χ1v) is 6.82. The molecule has 0 spiro atoms. The Morgan fingerprint density at radius 2 is 2.12 bits per heavy atom. The number of hydrogen-bond acceptors (Lipinski definition) is 3. The normalized spacial score (nSPS) is 17.1. The molecule has 0 saturated carbocycles. The molecule has 0 aliphatic carbocycles. The van der Waals surface area contributed by atoms with E-state index in [4.69, 9.17) is 15.2 Å². The van der Waals surface area contributed by atoms with Crippen molar-refractivity contribution in [2.45, 2.75) is 25.4 Å². The van der Waals surface area contributed by atoms with E-state index in [0.717, 1.165) is 42.7 Å². The number of ether oxygens (including phenoxy) is 2. The second-order valence-corrected chi connectivity index (χ2v) is 5.08. The van der Waals surface area contributed by atoms with E-state index in [1.807, 2.05) is 12.1 Å². The van der Waals surface area contributed by atoms with E-state index in [2.05, 4.69) is 22.0 Å². The molecule has 2 N–H and O–H groups in total. The molecule has 0 aromatic heterocycles. The summed E-state index contributed by atoms with van der Waals surface area (Å²) < 4.78 is 12.4. The predicted octanol–water partition coefficient (Wildman–Crippen LogP) is 2.51. The predicted molar refractivity (Wildman–Crippen MR) is 71.4 cm³/mol. The summed E-state index contributed by atoms with van der Waals surface area (Å²) in [7, 11) is 0. The summed E-state index contributed by atoms with van der Waals surface area (Å²) in [6.07, 6.45) is 3.10. The molecular formula is C13H18BrNO2. The molecule has 0 atom stereocenters. The fraction of sp³-hybridized carbons (Fsp3) is 0.538. The lowest BCUT2D eigenvalue weighted by Crippen LogP contribution is -2.25. The van der Waals surface area contributed by atoms with Crippen LogP contribution in [0, 0.1) is 0 Å². The van der Waals surface area contributed by atoms with Crippen LogP contribution in [0.25, 0.3) is 0 Å². The Hall–Kier alpha value is -0.580. The molecule has 1 fully saturated rings. The van der Waals surface area contributed by atoms with Crippen molar-refractivity contribution >= 4 is 15.9 Å². The zero-order valence-corrected chi connectivity index (χ0v) is 11.4. The summed E-state index contributed by atoms with van der Waals surface area (Å²) in [4.78, 5) is 0. The van der Waals surface area contributed by atoms with Gasteiger partial charge in [-0.05, 0) is 36.7 Å². The molecule has 3 nitrogen and oxygen atoms in total. The summed E-state index contributed by atoms with van der Waals surface area (Å²) in [5, 5.41) is 0. The first-order valence-electron chi connectivity index (χ1n) is 6.02. The zero-order valence-electron chi connectivity index (χ0n) is 9.82. The highest BCUT2D eigenvalue weighted by molar-refractivity contribution is 9.10. The van der Waals surface area contributed by atoms with Gasteiger partial charge in [0, 0.05) is 17.3 Å². The van der Waals surface area contributed by atoms with Crippen LogP contribution in [-0.2, 0) is 11.2 Å². The molecule has 4 heteroatoms. The van der Waals surface area contributed by atoms with Crippen LogP contribution in [0.5, 0.6) is 5.75 Å². The molecule has 94 valence electrons. The van der Waals surface area contributed by atoms with E-state index in [-0.39, 0.29) is 6.10 Å². The van der Waals surface area contributed by atoms with E-state index in [9.17, 15) is 0 Å². The molecule has 1 aromatic carbocycles. The Kier molecular flexibility index (Phi) is 4.83. The maximum absolute atomic E-state index is 5.96. The van der Waals surface area contributed by atoms with E-state index in [1.165, 1.54) is 5.56 Å². The van der Waals surface area contributed by atoms with E-state index in [1.54, 1.807) is 0 Å². The minimum atomic E-state index is 0.288. The van der Waals surface area contributed by atoms with Crippen molar-refractivity contribution < 1.29 is 9.47 Å². The van der Waals surface area contributed by atoms with Crippen molar-refractivity contribution in [2.75, 3.05) is 19.8 Å². The Morgan fingerprint density at radius 1 is 1.35 bits per heavy atom. The van der Waals surface area contributed by atoms with E-state index < -0.39 is 0 Å². The highest BCUT2D eigenvalue weighted by atomic mass is 79.9. The molecule has 2 rings (SSSR count). The summed E-state index contributed by atoms with van der Waals surface area (Å²) in [6, 6.07) is 6.10. The van der Waals surface area contributed by atoms with Gasteiger partial charge >= 0.3 is 0 Å². The third-order valence-electron chi connectivity index (χ3n) is 2.90. The minimum Gasteiger partial charge on any atom is -0.490 e. The Balaban J connectivity index is 2.02. The van der Waals surface area contributed by atoms with Crippen LogP contribution in [0.4, 0.5) is 0 Å².